The number of carbonyl (C=O) groups is 1. The molecule has 1 rings (SSSR count). The maximum absolute atomic E-state index is 12.5. The highest BCUT2D eigenvalue weighted by molar-refractivity contribution is 5.78. The highest BCUT2D eigenvalue weighted by atomic mass is 19.4. The van der Waals surface area contributed by atoms with Crippen LogP contribution in [-0.4, -0.2) is 60.0 Å². The first kappa shape index (κ1) is 17.0. The number of carbonyl (C=O) groups excluding carboxylic acids is 1. The zero-order valence-corrected chi connectivity index (χ0v) is 10.3. The van der Waals surface area contributed by atoms with Crippen LogP contribution in [0.1, 0.15) is 12.8 Å². The maximum atomic E-state index is 12.5. The van der Waals surface area contributed by atoms with E-state index in [4.69, 9.17) is 0 Å². The standard InChI is InChI=1S/C10H14F6N2O2/c11-9(12,13)6-17-7(19)5-18-3-1-8(20,2-4-18)10(14,15)16/h20H,1-6H2,(H,17,19). The molecule has 1 aliphatic heterocycles. The zero-order chi connectivity index (χ0) is 15.6. The molecule has 0 bridgehead atoms. The van der Waals surface area contributed by atoms with Crippen LogP contribution in [0.25, 0.3) is 0 Å². The molecule has 2 N–H and O–H groups in total. The average Bonchev–Trinajstić information content (AvgIpc) is 2.27. The molecule has 118 valence electrons. The molecule has 0 aromatic carbocycles. The molecule has 1 fully saturated rings. The summed E-state index contributed by atoms with van der Waals surface area (Å²) in [5.41, 5.74) is -2.79. The van der Waals surface area contributed by atoms with Crippen molar-refractivity contribution in [2.45, 2.75) is 30.8 Å². The monoisotopic (exact) mass is 308 g/mol. The molecule has 0 aromatic rings. The van der Waals surface area contributed by atoms with Gasteiger partial charge in [0.05, 0.1) is 6.54 Å². The Labute approximate surface area is 110 Å². The number of hydrogen-bond donors (Lipinski definition) is 2. The third-order valence-electron chi connectivity index (χ3n) is 3.06. The number of amides is 1. The smallest absolute Gasteiger partial charge is 0.380 e. The second kappa shape index (κ2) is 5.76. The van der Waals surface area contributed by atoms with Crippen LogP contribution in [0.3, 0.4) is 0 Å². The third-order valence-corrected chi connectivity index (χ3v) is 3.06. The second-order valence-electron chi connectivity index (χ2n) is 4.70. The van der Waals surface area contributed by atoms with Gasteiger partial charge in [-0.15, -0.1) is 0 Å². The van der Waals surface area contributed by atoms with Crippen molar-refractivity contribution in [1.29, 1.82) is 0 Å². The van der Waals surface area contributed by atoms with E-state index in [1.165, 1.54) is 4.90 Å². The highest BCUT2D eigenvalue weighted by Gasteiger charge is 2.54. The van der Waals surface area contributed by atoms with E-state index in [1.54, 1.807) is 5.32 Å². The Kier molecular flexibility index (Phi) is 4.90. The number of aliphatic hydroxyl groups is 1. The minimum absolute atomic E-state index is 0.213. The molecule has 0 atom stereocenters. The van der Waals surface area contributed by atoms with Gasteiger partial charge in [-0.25, -0.2) is 0 Å². The van der Waals surface area contributed by atoms with Crippen molar-refractivity contribution >= 4 is 5.91 Å². The van der Waals surface area contributed by atoms with Crippen molar-refractivity contribution < 1.29 is 36.2 Å². The van der Waals surface area contributed by atoms with Crippen LogP contribution in [0.5, 0.6) is 0 Å². The lowest BCUT2D eigenvalue weighted by Crippen LogP contribution is -2.54. The normalized spacial score (nSPS) is 20.8. The summed E-state index contributed by atoms with van der Waals surface area (Å²) < 4.78 is 73.0. The van der Waals surface area contributed by atoms with Gasteiger partial charge in [0.2, 0.25) is 5.91 Å². The van der Waals surface area contributed by atoms with Crippen molar-refractivity contribution in [3.8, 4) is 0 Å². The molecule has 1 saturated heterocycles. The summed E-state index contributed by atoms with van der Waals surface area (Å²) in [5.74, 6) is -0.917. The van der Waals surface area contributed by atoms with Gasteiger partial charge in [0, 0.05) is 13.1 Å². The predicted octanol–water partition coefficient (Wildman–Crippen LogP) is 1.05. The van der Waals surface area contributed by atoms with Gasteiger partial charge >= 0.3 is 12.4 Å². The Morgan fingerprint density at radius 2 is 1.65 bits per heavy atom. The van der Waals surface area contributed by atoms with Crippen molar-refractivity contribution in [2.24, 2.45) is 0 Å². The summed E-state index contributed by atoms with van der Waals surface area (Å²) >= 11 is 0. The zero-order valence-electron chi connectivity index (χ0n) is 10.3. The molecule has 1 aliphatic rings. The molecule has 0 aliphatic carbocycles. The lowest BCUT2D eigenvalue weighted by molar-refractivity contribution is -0.272. The molecule has 0 aromatic heterocycles. The summed E-state index contributed by atoms with van der Waals surface area (Å²) in [7, 11) is 0. The molecule has 4 nitrogen and oxygen atoms in total. The lowest BCUT2D eigenvalue weighted by atomic mass is 9.91. The van der Waals surface area contributed by atoms with Gasteiger partial charge < -0.3 is 10.4 Å². The van der Waals surface area contributed by atoms with E-state index in [2.05, 4.69) is 0 Å². The van der Waals surface area contributed by atoms with Gasteiger partial charge in [-0.2, -0.15) is 26.3 Å². The minimum Gasteiger partial charge on any atom is -0.380 e. The molecular weight excluding hydrogens is 294 g/mol. The first-order valence-electron chi connectivity index (χ1n) is 5.78. The Morgan fingerprint density at radius 3 is 2.05 bits per heavy atom. The molecular formula is C10H14F6N2O2. The molecule has 0 unspecified atom stereocenters. The van der Waals surface area contributed by atoms with Crippen LogP contribution in [-0.2, 0) is 4.79 Å². The minimum atomic E-state index is -4.75. The summed E-state index contributed by atoms with van der Waals surface area (Å²) in [6.45, 7) is -2.33. The van der Waals surface area contributed by atoms with Gasteiger partial charge in [0.15, 0.2) is 5.60 Å². The van der Waals surface area contributed by atoms with Crippen LogP contribution in [0.4, 0.5) is 26.3 Å². The number of alkyl halides is 6. The molecule has 0 saturated carbocycles. The van der Waals surface area contributed by atoms with E-state index in [0.717, 1.165) is 0 Å². The van der Waals surface area contributed by atoms with Crippen molar-refractivity contribution in [3.05, 3.63) is 0 Å². The van der Waals surface area contributed by atoms with Gasteiger partial charge in [-0.05, 0) is 12.8 Å². The van der Waals surface area contributed by atoms with E-state index in [0.29, 0.717) is 0 Å². The summed E-state index contributed by atoms with van der Waals surface area (Å²) in [4.78, 5) is 12.4. The fourth-order valence-corrected chi connectivity index (χ4v) is 1.82. The van der Waals surface area contributed by atoms with Crippen LogP contribution < -0.4 is 5.32 Å². The summed E-state index contributed by atoms with van der Waals surface area (Å²) in [6.07, 6.45) is -10.5. The SMILES string of the molecule is O=C(CN1CCC(O)(C(F)(F)F)CC1)NCC(F)(F)F. The topological polar surface area (TPSA) is 52.6 Å². The lowest BCUT2D eigenvalue weighted by Gasteiger charge is -2.38. The van der Waals surface area contributed by atoms with Crippen LogP contribution >= 0.6 is 0 Å². The number of rotatable bonds is 3. The number of piperidine rings is 1. The second-order valence-corrected chi connectivity index (χ2v) is 4.70. The van der Waals surface area contributed by atoms with Crippen molar-refractivity contribution in [2.75, 3.05) is 26.2 Å². The fraction of sp³-hybridized carbons (Fsp3) is 0.900. The number of halogens is 6. The van der Waals surface area contributed by atoms with Gasteiger partial charge in [0.25, 0.3) is 0 Å². The number of hydrogen-bond acceptors (Lipinski definition) is 3. The van der Waals surface area contributed by atoms with E-state index < -0.39 is 49.8 Å². The fourth-order valence-electron chi connectivity index (χ4n) is 1.82. The van der Waals surface area contributed by atoms with Crippen molar-refractivity contribution in [3.63, 3.8) is 0 Å². The molecule has 10 heteroatoms. The van der Waals surface area contributed by atoms with E-state index >= 15 is 0 Å². The van der Waals surface area contributed by atoms with Gasteiger partial charge in [-0.1, -0.05) is 0 Å². The van der Waals surface area contributed by atoms with Crippen LogP contribution in [0, 0.1) is 0 Å². The van der Waals surface area contributed by atoms with Gasteiger partial charge in [0.1, 0.15) is 6.54 Å². The van der Waals surface area contributed by atoms with Gasteiger partial charge in [-0.3, -0.25) is 9.69 Å². The average molecular weight is 308 g/mol. The van der Waals surface area contributed by atoms with Crippen LogP contribution in [0.15, 0.2) is 0 Å². The highest BCUT2D eigenvalue weighted by Crippen LogP contribution is 2.38. The Bertz CT molecular complexity index is 347. The largest absolute Gasteiger partial charge is 0.417 e. The van der Waals surface area contributed by atoms with E-state index in [-0.39, 0.29) is 13.1 Å². The Hall–Kier alpha value is -1.03. The van der Waals surface area contributed by atoms with Crippen LogP contribution in [0.2, 0.25) is 0 Å². The third kappa shape index (κ3) is 4.82. The molecule has 1 amide bonds. The number of likely N-dealkylation sites (tertiary alicyclic amines) is 1. The maximum Gasteiger partial charge on any atom is 0.417 e. The first-order chi connectivity index (χ1) is 8.93. The quantitative estimate of drug-likeness (QED) is 0.767. The molecule has 0 spiro atoms. The van der Waals surface area contributed by atoms with E-state index in [1.807, 2.05) is 0 Å². The first-order valence-corrected chi connectivity index (χ1v) is 5.78. The number of nitrogens with zero attached hydrogens (tertiary/aromatic N) is 1. The van der Waals surface area contributed by atoms with Crippen molar-refractivity contribution in [1.82, 2.24) is 10.2 Å². The molecule has 1 heterocycles. The Morgan fingerprint density at radius 1 is 1.15 bits per heavy atom. The Balaban J connectivity index is 2.38. The summed E-state index contributed by atoms with van der Waals surface area (Å²) in [5, 5.41) is 11.0. The van der Waals surface area contributed by atoms with E-state index in [9.17, 15) is 36.2 Å². The molecule has 20 heavy (non-hydrogen) atoms. The predicted molar refractivity (Wildman–Crippen MR) is 55.7 cm³/mol. The summed E-state index contributed by atoms with van der Waals surface area (Å²) in [6, 6.07) is 0. The number of nitrogens with one attached hydrogen (secondary N) is 1. The molecule has 0 radical (unpaired) electrons.